The molecular formula is C12H15BrN2O2. The highest BCUT2D eigenvalue weighted by Gasteiger charge is 2.14. The third-order valence-corrected chi connectivity index (χ3v) is 2.92. The zero-order chi connectivity index (χ0) is 12.6. The van der Waals surface area contributed by atoms with Crippen LogP contribution in [0.5, 0.6) is 5.75 Å². The van der Waals surface area contributed by atoms with Crippen LogP contribution in [0.2, 0.25) is 0 Å². The van der Waals surface area contributed by atoms with Crippen LogP contribution < -0.4 is 4.74 Å². The zero-order valence-corrected chi connectivity index (χ0v) is 11.7. The summed E-state index contributed by atoms with van der Waals surface area (Å²) >= 11 is 3.49. The van der Waals surface area contributed by atoms with Crippen LogP contribution in [0, 0.1) is 6.92 Å². The van der Waals surface area contributed by atoms with Crippen LogP contribution in [-0.2, 0) is 0 Å². The van der Waals surface area contributed by atoms with E-state index < -0.39 is 5.60 Å². The van der Waals surface area contributed by atoms with E-state index in [9.17, 15) is 5.11 Å². The van der Waals surface area contributed by atoms with Gasteiger partial charge in [0.15, 0.2) is 0 Å². The number of aromatic nitrogens is 2. The Morgan fingerprint density at radius 1 is 1.53 bits per heavy atom. The van der Waals surface area contributed by atoms with Gasteiger partial charge in [-0.3, -0.25) is 0 Å². The molecule has 5 heteroatoms. The molecule has 0 aliphatic rings. The lowest BCUT2D eigenvalue weighted by Gasteiger charge is -2.18. The number of nitrogens with zero attached hydrogens (tertiary/aromatic N) is 2. The Morgan fingerprint density at radius 2 is 2.24 bits per heavy atom. The maximum absolute atomic E-state index is 9.61. The summed E-state index contributed by atoms with van der Waals surface area (Å²) in [5.41, 5.74) is 1.29. The standard InChI is InChI=1S/C12H15BrN2O2/c1-8-5-14-15-6-9(4-10(13)11(8)15)17-7-12(2,3)16/h4-6,16H,7H2,1-3H3. The molecule has 2 aromatic heterocycles. The van der Waals surface area contributed by atoms with Gasteiger partial charge in [-0.1, -0.05) is 0 Å². The molecule has 17 heavy (non-hydrogen) atoms. The Labute approximate surface area is 108 Å². The van der Waals surface area contributed by atoms with Crippen molar-refractivity contribution in [1.29, 1.82) is 0 Å². The van der Waals surface area contributed by atoms with Crippen LogP contribution in [0.25, 0.3) is 5.52 Å². The van der Waals surface area contributed by atoms with Gasteiger partial charge in [0.05, 0.1) is 23.5 Å². The fourth-order valence-electron chi connectivity index (χ4n) is 1.53. The van der Waals surface area contributed by atoms with Crippen molar-refractivity contribution in [3.05, 3.63) is 28.5 Å². The maximum atomic E-state index is 9.61. The average molecular weight is 299 g/mol. The monoisotopic (exact) mass is 298 g/mol. The minimum atomic E-state index is -0.846. The van der Waals surface area contributed by atoms with E-state index in [4.69, 9.17) is 4.74 Å². The number of hydrogen-bond acceptors (Lipinski definition) is 3. The molecule has 2 rings (SSSR count). The van der Waals surface area contributed by atoms with Crippen molar-refractivity contribution >= 4 is 21.4 Å². The lowest BCUT2D eigenvalue weighted by Crippen LogP contribution is -2.27. The van der Waals surface area contributed by atoms with E-state index in [0.717, 1.165) is 15.6 Å². The minimum absolute atomic E-state index is 0.241. The van der Waals surface area contributed by atoms with Crippen LogP contribution in [0.15, 0.2) is 22.9 Å². The third-order valence-electron chi connectivity index (χ3n) is 2.32. The summed E-state index contributed by atoms with van der Waals surface area (Å²) in [5, 5.41) is 13.8. The molecule has 0 unspecified atom stereocenters. The van der Waals surface area contributed by atoms with Crippen LogP contribution in [0.1, 0.15) is 19.4 Å². The molecule has 0 saturated carbocycles. The quantitative estimate of drug-likeness (QED) is 0.947. The summed E-state index contributed by atoms with van der Waals surface area (Å²) < 4.78 is 8.22. The minimum Gasteiger partial charge on any atom is -0.489 e. The second-order valence-electron chi connectivity index (χ2n) is 4.75. The SMILES string of the molecule is Cc1cnn2cc(OCC(C)(C)O)cc(Br)c12. The van der Waals surface area contributed by atoms with E-state index in [1.807, 2.05) is 13.0 Å². The topological polar surface area (TPSA) is 46.8 Å². The second kappa shape index (κ2) is 4.31. The molecule has 0 amide bonds. The van der Waals surface area contributed by atoms with Crippen LogP contribution in [-0.4, -0.2) is 26.9 Å². The van der Waals surface area contributed by atoms with Gasteiger partial charge in [-0.05, 0) is 48.3 Å². The third kappa shape index (κ3) is 2.79. The first-order chi connectivity index (χ1) is 7.87. The smallest absolute Gasteiger partial charge is 0.138 e. The Balaban J connectivity index is 2.31. The number of aryl methyl sites for hydroxylation is 1. The molecule has 0 aromatic carbocycles. The van der Waals surface area contributed by atoms with Gasteiger partial charge in [0.2, 0.25) is 0 Å². The predicted octanol–water partition coefficient (Wildman–Crippen LogP) is 2.55. The van der Waals surface area contributed by atoms with Crippen molar-refractivity contribution in [2.24, 2.45) is 0 Å². The predicted molar refractivity (Wildman–Crippen MR) is 69.4 cm³/mol. The zero-order valence-electron chi connectivity index (χ0n) is 10.1. The lowest BCUT2D eigenvalue weighted by molar-refractivity contribution is 0.0283. The first-order valence-electron chi connectivity index (χ1n) is 5.35. The van der Waals surface area contributed by atoms with Gasteiger partial charge in [0.25, 0.3) is 0 Å². The Bertz CT molecular complexity index is 543. The maximum Gasteiger partial charge on any atom is 0.138 e. The Morgan fingerprint density at radius 3 is 2.88 bits per heavy atom. The number of halogens is 1. The molecule has 1 N–H and O–H groups in total. The van der Waals surface area contributed by atoms with E-state index in [-0.39, 0.29) is 6.61 Å². The van der Waals surface area contributed by atoms with E-state index in [0.29, 0.717) is 5.75 Å². The second-order valence-corrected chi connectivity index (χ2v) is 5.60. The summed E-state index contributed by atoms with van der Waals surface area (Å²) in [7, 11) is 0. The number of rotatable bonds is 3. The van der Waals surface area contributed by atoms with Crippen LogP contribution in [0.3, 0.4) is 0 Å². The molecule has 2 aromatic rings. The summed E-state index contributed by atoms with van der Waals surface area (Å²) in [6.45, 7) is 5.66. The van der Waals surface area contributed by atoms with Crippen molar-refractivity contribution in [1.82, 2.24) is 9.61 Å². The van der Waals surface area contributed by atoms with Crippen LogP contribution in [0.4, 0.5) is 0 Å². The van der Waals surface area contributed by atoms with Gasteiger partial charge < -0.3 is 9.84 Å². The molecule has 4 nitrogen and oxygen atoms in total. The molecule has 0 fully saturated rings. The molecule has 0 spiro atoms. The number of aliphatic hydroxyl groups is 1. The van der Waals surface area contributed by atoms with Gasteiger partial charge >= 0.3 is 0 Å². The van der Waals surface area contributed by atoms with Crippen molar-refractivity contribution < 1.29 is 9.84 Å². The first kappa shape index (κ1) is 12.4. The van der Waals surface area contributed by atoms with Gasteiger partial charge in [0, 0.05) is 4.47 Å². The highest BCUT2D eigenvalue weighted by atomic mass is 79.9. The van der Waals surface area contributed by atoms with Crippen molar-refractivity contribution in [2.75, 3.05) is 6.61 Å². The molecule has 0 atom stereocenters. The molecule has 2 heterocycles. The fraction of sp³-hybridized carbons (Fsp3) is 0.417. The van der Waals surface area contributed by atoms with E-state index >= 15 is 0 Å². The molecule has 0 aliphatic carbocycles. The van der Waals surface area contributed by atoms with Crippen molar-refractivity contribution in [3.8, 4) is 5.75 Å². The van der Waals surface area contributed by atoms with Gasteiger partial charge in [0.1, 0.15) is 12.4 Å². The van der Waals surface area contributed by atoms with Crippen LogP contribution >= 0.6 is 15.9 Å². The highest BCUT2D eigenvalue weighted by Crippen LogP contribution is 2.26. The highest BCUT2D eigenvalue weighted by molar-refractivity contribution is 9.10. The largest absolute Gasteiger partial charge is 0.489 e. The summed E-state index contributed by atoms with van der Waals surface area (Å²) in [4.78, 5) is 0. The summed E-state index contributed by atoms with van der Waals surface area (Å²) in [6.07, 6.45) is 3.61. The van der Waals surface area contributed by atoms with E-state index in [1.54, 1.807) is 30.8 Å². The molecule has 92 valence electrons. The summed E-state index contributed by atoms with van der Waals surface area (Å²) in [6, 6.07) is 1.88. The Kier molecular flexibility index (Phi) is 3.14. The summed E-state index contributed by atoms with van der Waals surface area (Å²) in [5.74, 6) is 0.676. The Hall–Kier alpha value is -1.07. The number of fused-ring (bicyclic) bond motifs is 1. The molecule has 0 bridgehead atoms. The number of hydrogen-bond donors (Lipinski definition) is 1. The number of ether oxygens (including phenoxy) is 1. The lowest BCUT2D eigenvalue weighted by atomic mass is 10.2. The molecule has 0 radical (unpaired) electrons. The van der Waals surface area contributed by atoms with Gasteiger partial charge in [-0.2, -0.15) is 5.10 Å². The van der Waals surface area contributed by atoms with E-state index in [2.05, 4.69) is 21.0 Å². The fourth-order valence-corrected chi connectivity index (χ4v) is 2.25. The molecular weight excluding hydrogens is 284 g/mol. The van der Waals surface area contributed by atoms with Gasteiger partial charge in [-0.25, -0.2) is 4.52 Å². The van der Waals surface area contributed by atoms with Crippen molar-refractivity contribution in [3.63, 3.8) is 0 Å². The first-order valence-corrected chi connectivity index (χ1v) is 6.15. The molecule has 0 aliphatic heterocycles. The van der Waals surface area contributed by atoms with Crippen molar-refractivity contribution in [2.45, 2.75) is 26.4 Å². The molecule has 0 saturated heterocycles. The number of pyridine rings is 1. The van der Waals surface area contributed by atoms with Gasteiger partial charge in [-0.15, -0.1) is 0 Å². The van der Waals surface area contributed by atoms with E-state index in [1.165, 1.54) is 0 Å². The average Bonchev–Trinajstić information content (AvgIpc) is 2.57. The normalized spacial score (nSPS) is 12.1.